The highest BCUT2D eigenvalue weighted by Crippen LogP contribution is 2.32. The highest BCUT2D eigenvalue weighted by molar-refractivity contribution is 5.97. The number of carbonyl (C=O) groups excluding carboxylic acids is 1. The number of rotatable bonds is 9. The summed E-state index contributed by atoms with van der Waals surface area (Å²) in [7, 11) is 0. The van der Waals surface area contributed by atoms with Crippen LogP contribution >= 0.6 is 0 Å². The van der Waals surface area contributed by atoms with E-state index >= 15 is 0 Å². The Morgan fingerprint density at radius 2 is 1.60 bits per heavy atom. The molecular formula is C25H40N2O3. The number of hydrogen-bond donors (Lipinski definition) is 1. The highest BCUT2D eigenvalue weighted by atomic mass is 16.5. The van der Waals surface area contributed by atoms with Crippen molar-refractivity contribution in [3.63, 3.8) is 0 Å². The normalized spacial score (nSPS) is 20.2. The van der Waals surface area contributed by atoms with Gasteiger partial charge in [0.2, 0.25) is 0 Å². The Morgan fingerprint density at radius 3 is 2.23 bits per heavy atom. The standard InChI is InChI=1S/C25H40N2O3/c1-2-30-25(16-7-3-4-8-17-25)24(28)26-22-12-14-23(15-13-22)29-21-11-20-27-18-9-5-6-10-19-27/h12-15H,2-11,16-21H2,1H3,(H,26,28). The van der Waals surface area contributed by atoms with Crippen molar-refractivity contribution >= 4 is 11.6 Å². The molecule has 1 heterocycles. The van der Waals surface area contributed by atoms with Gasteiger partial charge in [-0.3, -0.25) is 4.79 Å². The number of anilines is 1. The van der Waals surface area contributed by atoms with Crippen LogP contribution in [0.15, 0.2) is 24.3 Å². The van der Waals surface area contributed by atoms with Crippen molar-refractivity contribution < 1.29 is 14.3 Å². The van der Waals surface area contributed by atoms with E-state index in [-0.39, 0.29) is 5.91 Å². The largest absolute Gasteiger partial charge is 0.494 e. The van der Waals surface area contributed by atoms with Crippen LogP contribution in [0.5, 0.6) is 5.75 Å². The number of benzene rings is 1. The van der Waals surface area contributed by atoms with E-state index in [1.165, 1.54) is 51.6 Å². The molecule has 5 heteroatoms. The molecule has 1 amide bonds. The molecule has 1 saturated carbocycles. The SMILES string of the molecule is CCOC1(C(=O)Nc2ccc(OCCCN3CCCCCC3)cc2)CCCCCC1. The maximum absolute atomic E-state index is 13.0. The maximum atomic E-state index is 13.0. The lowest BCUT2D eigenvalue weighted by Gasteiger charge is -2.31. The van der Waals surface area contributed by atoms with Gasteiger partial charge in [-0.05, 0) is 76.4 Å². The third-order valence-corrected chi connectivity index (χ3v) is 6.44. The summed E-state index contributed by atoms with van der Waals surface area (Å²) in [5.74, 6) is 0.857. The molecule has 5 nitrogen and oxygen atoms in total. The molecule has 1 N–H and O–H groups in total. The highest BCUT2D eigenvalue weighted by Gasteiger charge is 2.39. The zero-order chi connectivity index (χ0) is 21.1. The zero-order valence-corrected chi connectivity index (χ0v) is 18.8. The molecule has 0 aromatic heterocycles. The van der Waals surface area contributed by atoms with Gasteiger partial charge in [0.1, 0.15) is 11.4 Å². The van der Waals surface area contributed by atoms with Crippen LogP contribution in [0.25, 0.3) is 0 Å². The molecule has 0 unspecified atom stereocenters. The van der Waals surface area contributed by atoms with E-state index < -0.39 is 5.60 Å². The molecule has 1 aliphatic carbocycles. The van der Waals surface area contributed by atoms with Crippen molar-refractivity contribution in [1.29, 1.82) is 0 Å². The molecule has 1 aliphatic heterocycles. The van der Waals surface area contributed by atoms with Crippen LogP contribution in [-0.4, -0.2) is 49.3 Å². The topological polar surface area (TPSA) is 50.8 Å². The Morgan fingerprint density at radius 1 is 0.967 bits per heavy atom. The summed E-state index contributed by atoms with van der Waals surface area (Å²) in [6.07, 6.45) is 12.6. The van der Waals surface area contributed by atoms with E-state index in [0.717, 1.165) is 56.7 Å². The molecule has 30 heavy (non-hydrogen) atoms. The smallest absolute Gasteiger partial charge is 0.256 e. The van der Waals surface area contributed by atoms with Crippen LogP contribution < -0.4 is 10.1 Å². The number of nitrogens with one attached hydrogen (secondary N) is 1. The van der Waals surface area contributed by atoms with Crippen molar-refractivity contribution in [2.75, 3.05) is 38.2 Å². The van der Waals surface area contributed by atoms with Gasteiger partial charge in [-0.2, -0.15) is 0 Å². The Balaban J connectivity index is 1.44. The molecule has 1 aromatic carbocycles. The van der Waals surface area contributed by atoms with Crippen LogP contribution in [0.3, 0.4) is 0 Å². The molecule has 3 rings (SSSR count). The number of hydrogen-bond acceptors (Lipinski definition) is 4. The molecule has 2 aliphatic rings. The number of amides is 1. The Labute approximate surface area is 182 Å². The number of carbonyl (C=O) groups is 1. The van der Waals surface area contributed by atoms with Gasteiger partial charge in [0, 0.05) is 18.8 Å². The Bertz CT molecular complexity index is 616. The van der Waals surface area contributed by atoms with E-state index in [9.17, 15) is 4.79 Å². The lowest BCUT2D eigenvalue weighted by atomic mass is 9.93. The lowest BCUT2D eigenvalue weighted by molar-refractivity contribution is -0.143. The molecule has 0 radical (unpaired) electrons. The van der Waals surface area contributed by atoms with Crippen LogP contribution in [0.4, 0.5) is 5.69 Å². The van der Waals surface area contributed by atoms with Crippen LogP contribution in [0, 0.1) is 0 Å². The predicted octanol–water partition coefficient (Wildman–Crippen LogP) is 5.40. The third kappa shape index (κ3) is 6.98. The summed E-state index contributed by atoms with van der Waals surface area (Å²) in [5, 5.41) is 3.08. The third-order valence-electron chi connectivity index (χ3n) is 6.44. The summed E-state index contributed by atoms with van der Waals surface area (Å²) >= 11 is 0. The fourth-order valence-electron chi connectivity index (χ4n) is 4.73. The molecule has 1 aromatic rings. The summed E-state index contributed by atoms with van der Waals surface area (Å²) in [6.45, 7) is 6.86. The minimum Gasteiger partial charge on any atom is -0.494 e. The van der Waals surface area contributed by atoms with Gasteiger partial charge in [0.25, 0.3) is 5.91 Å². The van der Waals surface area contributed by atoms with Gasteiger partial charge in [-0.15, -0.1) is 0 Å². The van der Waals surface area contributed by atoms with E-state index in [1.807, 2.05) is 31.2 Å². The van der Waals surface area contributed by atoms with Crippen LogP contribution in [0.1, 0.15) is 77.6 Å². The quantitative estimate of drug-likeness (QED) is 0.433. The molecule has 0 spiro atoms. The van der Waals surface area contributed by atoms with Crippen LogP contribution in [-0.2, 0) is 9.53 Å². The zero-order valence-electron chi connectivity index (χ0n) is 18.8. The van der Waals surface area contributed by atoms with Crippen molar-refractivity contribution in [2.45, 2.75) is 83.2 Å². The van der Waals surface area contributed by atoms with Gasteiger partial charge >= 0.3 is 0 Å². The minimum atomic E-state index is -0.673. The number of nitrogens with zero attached hydrogens (tertiary/aromatic N) is 1. The van der Waals surface area contributed by atoms with Gasteiger partial charge in [-0.1, -0.05) is 38.5 Å². The van der Waals surface area contributed by atoms with Gasteiger partial charge < -0.3 is 19.7 Å². The average Bonchev–Trinajstić information content (AvgIpc) is 3.16. The molecule has 2 fully saturated rings. The second kappa shape index (κ2) is 12.3. The molecule has 1 saturated heterocycles. The maximum Gasteiger partial charge on any atom is 0.256 e. The van der Waals surface area contributed by atoms with E-state index in [1.54, 1.807) is 0 Å². The summed E-state index contributed by atoms with van der Waals surface area (Å²) in [5.41, 5.74) is 0.133. The number of likely N-dealkylation sites (tertiary alicyclic amines) is 1. The summed E-state index contributed by atoms with van der Waals surface area (Å²) in [4.78, 5) is 15.6. The first-order valence-corrected chi connectivity index (χ1v) is 12.1. The predicted molar refractivity (Wildman–Crippen MR) is 122 cm³/mol. The van der Waals surface area contributed by atoms with Crippen molar-refractivity contribution in [2.24, 2.45) is 0 Å². The fourth-order valence-corrected chi connectivity index (χ4v) is 4.73. The molecule has 168 valence electrons. The second-order valence-electron chi connectivity index (χ2n) is 8.78. The Hall–Kier alpha value is -1.59. The average molecular weight is 417 g/mol. The van der Waals surface area contributed by atoms with Crippen LogP contribution in [0.2, 0.25) is 0 Å². The van der Waals surface area contributed by atoms with Gasteiger partial charge in [0.05, 0.1) is 6.61 Å². The van der Waals surface area contributed by atoms with Crippen molar-refractivity contribution in [3.05, 3.63) is 24.3 Å². The first kappa shape index (κ1) is 23.1. The van der Waals surface area contributed by atoms with Crippen molar-refractivity contribution in [3.8, 4) is 5.75 Å². The van der Waals surface area contributed by atoms with E-state index in [2.05, 4.69) is 10.2 Å². The molecular weight excluding hydrogens is 376 g/mol. The number of ether oxygens (including phenoxy) is 2. The molecule has 0 atom stereocenters. The summed E-state index contributed by atoms with van der Waals surface area (Å²) in [6, 6.07) is 7.75. The Kier molecular flexibility index (Phi) is 9.47. The summed E-state index contributed by atoms with van der Waals surface area (Å²) < 4.78 is 11.9. The molecule has 0 bridgehead atoms. The minimum absolute atomic E-state index is 0.00244. The van der Waals surface area contributed by atoms with Crippen molar-refractivity contribution in [1.82, 2.24) is 4.90 Å². The van der Waals surface area contributed by atoms with E-state index in [0.29, 0.717) is 6.61 Å². The van der Waals surface area contributed by atoms with E-state index in [4.69, 9.17) is 9.47 Å². The fraction of sp³-hybridized carbons (Fsp3) is 0.720. The monoisotopic (exact) mass is 416 g/mol. The second-order valence-corrected chi connectivity index (χ2v) is 8.78. The van der Waals surface area contributed by atoms with Gasteiger partial charge in [0.15, 0.2) is 0 Å². The van der Waals surface area contributed by atoms with Gasteiger partial charge in [-0.25, -0.2) is 0 Å². The lowest BCUT2D eigenvalue weighted by Crippen LogP contribution is -2.45. The first-order valence-electron chi connectivity index (χ1n) is 12.1. The first-order chi connectivity index (χ1) is 14.7.